The Bertz CT molecular complexity index is 1320. The maximum atomic E-state index is 12.9. The normalized spacial score (nSPS) is 10.5. The van der Waals surface area contributed by atoms with Crippen molar-refractivity contribution < 1.29 is 23.9 Å². The lowest BCUT2D eigenvalue weighted by molar-refractivity contribution is -0.123. The number of imide groups is 1. The molecule has 0 saturated heterocycles. The fourth-order valence-corrected chi connectivity index (χ4v) is 3.33. The number of nitrogens with one attached hydrogen (secondary N) is 1. The van der Waals surface area contributed by atoms with Crippen LogP contribution in [0.2, 0.25) is 0 Å². The number of hydrogen-bond acceptors (Lipinski definition) is 6. The zero-order chi connectivity index (χ0) is 24.1. The molecule has 0 unspecified atom stereocenters. The number of carbonyl (C=O) groups is 3. The van der Waals surface area contributed by atoms with Gasteiger partial charge in [0.1, 0.15) is 22.7 Å². The first-order chi connectivity index (χ1) is 16.5. The molecule has 0 aliphatic heterocycles. The molecule has 0 aliphatic carbocycles. The average Bonchev–Trinajstić information content (AvgIpc) is 3.50. The lowest BCUT2D eigenvalue weighted by Crippen LogP contribution is -2.35. The molecule has 9 nitrogen and oxygen atoms in total. The fraction of sp³-hybridized carbons (Fsp3) is 0.120. The number of ether oxygens (including phenoxy) is 2. The first-order valence-electron chi connectivity index (χ1n) is 10.4. The minimum atomic E-state index is -0.741. The van der Waals surface area contributed by atoms with Gasteiger partial charge in [-0.25, -0.2) is 9.48 Å². The molecule has 4 rings (SSSR count). The predicted octanol–water partition coefficient (Wildman–Crippen LogP) is 3.00. The molecule has 2 aromatic heterocycles. The van der Waals surface area contributed by atoms with E-state index < -0.39 is 24.4 Å². The molecule has 0 radical (unpaired) electrons. The topological polar surface area (TPSA) is 104 Å². The van der Waals surface area contributed by atoms with E-state index in [-0.39, 0.29) is 5.56 Å². The van der Waals surface area contributed by atoms with Crippen LogP contribution >= 0.6 is 0 Å². The summed E-state index contributed by atoms with van der Waals surface area (Å²) in [4.78, 5) is 37.3. The highest BCUT2D eigenvalue weighted by molar-refractivity contribution is 6.05. The number of benzene rings is 2. The Hall–Kier alpha value is -4.66. The quantitative estimate of drug-likeness (QED) is 0.427. The van der Waals surface area contributed by atoms with Crippen molar-refractivity contribution in [3.8, 4) is 22.7 Å². The molecule has 34 heavy (non-hydrogen) atoms. The first-order valence-corrected chi connectivity index (χ1v) is 10.4. The molecular weight excluding hydrogens is 436 g/mol. The Balaban J connectivity index is 1.53. The van der Waals surface area contributed by atoms with E-state index in [1.807, 2.05) is 30.3 Å². The summed E-state index contributed by atoms with van der Waals surface area (Å²) in [6, 6.07) is 19.6. The molecule has 9 heteroatoms. The van der Waals surface area contributed by atoms with Crippen molar-refractivity contribution in [1.82, 2.24) is 19.7 Å². The number of nitrogens with zero attached hydrogens (tertiary/aromatic N) is 3. The second-order valence-corrected chi connectivity index (χ2v) is 7.36. The van der Waals surface area contributed by atoms with Crippen LogP contribution in [0.3, 0.4) is 0 Å². The number of aromatic nitrogens is 3. The molecule has 0 spiro atoms. The largest absolute Gasteiger partial charge is 0.497 e. The molecule has 0 saturated carbocycles. The molecule has 0 fully saturated rings. The van der Waals surface area contributed by atoms with Gasteiger partial charge in [0.2, 0.25) is 0 Å². The molecular formula is C25H22N4O5. The van der Waals surface area contributed by atoms with Gasteiger partial charge in [-0.05, 0) is 48.5 Å². The number of aryl methyl sites for hydroxylation is 1. The molecule has 172 valence electrons. The van der Waals surface area contributed by atoms with E-state index in [0.29, 0.717) is 22.7 Å². The van der Waals surface area contributed by atoms with Crippen molar-refractivity contribution in [2.45, 2.75) is 0 Å². The fourth-order valence-electron chi connectivity index (χ4n) is 3.33. The van der Waals surface area contributed by atoms with Crippen LogP contribution in [0.1, 0.15) is 20.8 Å². The van der Waals surface area contributed by atoms with Gasteiger partial charge in [-0.15, -0.1) is 0 Å². The Labute approximate surface area is 195 Å². The van der Waals surface area contributed by atoms with Crippen LogP contribution in [0.25, 0.3) is 16.9 Å². The standard InChI is InChI=1S/C25H22N4O5/c1-28-14-6-9-21(28)24(31)26-22(30)16-34-25(32)20-15-29(18-7-4-3-5-8-18)27-23(20)17-10-12-19(33-2)13-11-17/h3-15H,16H2,1-2H3,(H,26,30,31). The number of hydrogen-bond donors (Lipinski definition) is 1. The maximum Gasteiger partial charge on any atom is 0.342 e. The van der Waals surface area contributed by atoms with Gasteiger partial charge in [0.25, 0.3) is 11.8 Å². The van der Waals surface area contributed by atoms with E-state index in [1.165, 1.54) is 0 Å². The highest BCUT2D eigenvalue weighted by Crippen LogP contribution is 2.26. The molecule has 4 aromatic rings. The number of esters is 1. The van der Waals surface area contributed by atoms with Crippen molar-refractivity contribution >= 4 is 17.8 Å². The molecule has 0 aliphatic rings. The van der Waals surface area contributed by atoms with Crippen molar-refractivity contribution in [3.63, 3.8) is 0 Å². The first kappa shape index (κ1) is 22.5. The second kappa shape index (κ2) is 9.86. The van der Waals surface area contributed by atoms with Crippen molar-refractivity contribution in [1.29, 1.82) is 0 Å². The number of carbonyl (C=O) groups excluding carboxylic acids is 3. The zero-order valence-electron chi connectivity index (χ0n) is 18.6. The summed E-state index contributed by atoms with van der Waals surface area (Å²) in [7, 11) is 3.25. The summed E-state index contributed by atoms with van der Waals surface area (Å²) in [5.41, 5.74) is 2.30. The van der Waals surface area contributed by atoms with Crippen LogP contribution in [0.4, 0.5) is 0 Å². The van der Waals surface area contributed by atoms with Gasteiger partial charge in [-0.3, -0.25) is 14.9 Å². The lowest BCUT2D eigenvalue weighted by Gasteiger charge is -2.07. The van der Waals surface area contributed by atoms with Gasteiger partial charge in [0.15, 0.2) is 6.61 Å². The number of methoxy groups -OCH3 is 1. The minimum Gasteiger partial charge on any atom is -0.497 e. The van der Waals surface area contributed by atoms with E-state index in [1.54, 1.807) is 72.2 Å². The Kier molecular flexibility index (Phi) is 6.54. The SMILES string of the molecule is COc1ccc(-c2nn(-c3ccccc3)cc2C(=O)OCC(=O)NC(=O)c2cccn2C)cc1. The van der Waals surface area contributed by atoms with Crippen LogP contribution < -0.4 is 10.1 Å². The Morgan fingerprint density at radius 2 is 1.71 bits per heavy atom. The molecule has 2 amide bonds. The lowest BCUT2D eigenvalue weighted by atomic mass is 10.1. The summed E-state index contributed by atoms with van der Waals surface area (Å²) < 4.78 is 13.5. The molecule has 1 N–H and O–H groups in total. The van der Waals surface area contributed by atoms with Crippen LogP contribution in [-0.2, 0) is 16.6 Å². The van der Waals surface area contributed by atoms with E-state index in [4.69, 9.17) is 9.47 Å². The Morgan fingerprint density at radius 3 is 2.35 bits per heavy atom. The Morgan fingerprint density at radius 1 is 0.971 bits per heavy atom. The monoisotopic (exact) mass is 458 g/mol. The highest BCUT2D eigenvalue weighted by atomic mass is 16.5. The number of para-hydroxylation sites is 1. The van der Waals surface area contributed by atoms with Crippen molar-refractivity contribution in [2.24, 2.45) is 7.05 Å². The van der Waals surface area contributed by atoms with Crippen LogP contribution in [0.15, 0.2) is 79.1 Å². The average molecular weight is 458 g/mol. The van der Waals surface area contributed by atoms with Gasteiger partial charge in [-0.2, -0.15) is 5.10 Å². The van der Waals surface area contributed by atoms with Crippen LogP contribution in [0.5, 0.6) is 5.75 Å². The van der Waals surface area contributed by atoms with E-state index in [2.05, 4.69) is 10.4 Å². The summed E-state index contributed by atoms with van der Waals surface area (Å²) in [5, 5.41) is 6.77. The van der Waals surface area contributed by atoms with Crippen LogP contribution in [0, 0.1) is 0 Å². The molecule has 0 atom stereocenters. The van der Waals surface area contributed by atoms with E-state index in [0.717, 1.165) is 5.69 Å². The zero-order valence-corrected chi connectivity index (χ0v) is 18.6. The number of rotatable bonds is 7. The summed E-state index contributed by atoms with van der Waals surface area (Å²) >= 11 is 0. The van der Waals surface area contributed by atoms with Crippen molar-refractivity contribution in [2.75, 3.05) is 13.7 Å². The third-order valence-electron chi connectivity index (χ3n) is 5.08. The van der Waals surface area contributed by atoms with Crippen LogP contribution in [-0.4, -0.2) is 45.8 Å². The molecule has 2 aromatic carbocycles. The van der Waals surface area contributed by atoms with Gasteiger partial charge >= 0.3 is 5.97 Å². The van der Waals surface area contributed by atoms with E-state index in [9.17, 15) is 14.4 Å². The van der Waals surface area contributed by atoms with Gasteiger partial charge < -0.3 is 14.0 Å². The van der Waals surface area contributed by atoms with Gasteiger partial charge in [-0.1, -0.05) is 18.2 Å². The summed E-state index contributed by atoms with van der Waals surface area (Å²) in [6.07, 6.45) is 3.23. The predicted molar refractivity (Wildman–Crippen MR) is 124 cm³/mol. The van der Waals surface area contributed by atoms with Crippen molar-refractivity contribution in [3.05, 3.63) is 90.4 Å². The summed E-state index contributed by atoms with van der Waals surface area (Å²) in [6.45, 7) is -0.617. The third kappa shape index (κ3) is 4.88. The van der Waals surface area contributed by atoms with Gasteiger partial charge in [0, 0.05) is 25.0 Å². The van der Waals surface area contributed by atoms with Gasteiger partial charge in [0.05, 0.1) is 12.8 Å². The molecule has 0 bridgehead atoms. The smallest absolute Gasteiger partial charge is 0.342 e. The van der Waals surface area contributed by atoms with E-state index >= 15 is 0 Å². The maximum absolute atomic E-state index is 12.9. The highest BCUT2D eigenvalue weighted by Gasteiger charge is 2.22. The molecule has 2 heterocycles. The number of amides is 2. The third-order valence-corrected chi connectivity index (χ3v) is 5.08. The summed E-state index contributed by atoms with van der Waals surface area (Å²) in [5.74, 6) is -1.39. The second-order valence-electron chi connectivity index (χ2n) is 7.36. The minimum absolute atomic E-state index is 0.176.